The average molecular weight is 546 g/mol. The van der Waals surface area contributed by atoms with Crippen molar-refractivity contribution in [1.82, 2.24) is 14.9 Å². The van der Waals surface area contributed by atoms with Gasteiger partial charge in [-0.1, -0.05) is 11.6 Å². The number of carbonyl (C=O) groups is 1. The van der Waals surface area contributed by atoms with E-state index in [0.717, 1.165) is 0 Å². The molecule has 5 rings (SSSR count). The topological polar surface area (TPSA) is 97.8 Å². The van der Waals surface area contributed by atoms with Gasteiger partial charge in [-0.3, -0.25) is 9.69 Å². The number of aromatic nitrogens is 2. The van der Waals surface area contributed by atoms with Crippen LogP contribution in [0.2, 0.25) is 5.02 Å². The van der Waals surface area contributed by atoms with E-state index in [1.165, 1.54) is 30.6 Å². The summed E-state index contributed by atoms with van der Waals surface area (Å²) in [4.78, 5) is 23.3. The van der Waals surface area contributed by atoms with E-state index in [0.29, 0.717) is 61.1 Å². The van der Waals surface area contributed by atoms with E-state index >= 15 is 0 Å². The Balaban J connectivity index is 1.35. The first-order chi connectivity index (χ1) is 18.4. The van der Waals surface area contributed by atoms with Gasteiger partial charge < -0.3 is 24.8 Å². The lowest BCUT2D eigenvalue weighted by Gasteiger charge is -2.24. The van der Waals surface area contributed by atoms with Crippen LogP contribution < -0.4 is 15.4 Å². The number of nitrogens with zero attached hydrogens (tertiary/aromatic N) is 3. The van der Waals surface area contributed by atoms with Crippen LogP contribution in [0.4, 0.5) is 26.0 Å². The molecule has 0 radical (unpaired) electrons. The number of nitrogens with one attached hydrogen (secondary N) is 2. The summed E-state index contributed by atoms with van der Waals surface area (Å²) in [6.45, 7) is 4.69. The van der Waals surface area contributed by atoms with E-state index in [2.05, 4.69) is 20.6 Å². The summed E-state index contributed by atoms with van der Waals surface area (Å²) < 4.78 is 45.4. The molecule has 3 heterocycles. The molecule has 2 saturated heterocycles. The van der Waals surface area contributed by atoms with Crippen molar-refractivity contribution in [3.05, 3.63) is 59.4 Å². The number of ether oxygens (including phenoxy) is 3. The maximum absolute atomic E-state index is 14.8. The summed E-state index contributed by atoms with van der Waals surface area (Å²) in [5.41, 5.74) is 1.27. The number of anilines is 3. The maximum Gasteiger partial charge on any atom is 0.284 e. The lowest BCUT2D eigenvalue weighted by atomic mass is 10.1. The van der Waals surface area contributed by atoms with Crippen molar-refractivity contribution < 1.29 is 27.8 Å². The average Bonchev–Trinajstić information content (AvgIpc) is 3.33. The number of carbonyl (C=O) groups excluding carboxylic acids is 1. The molecule has 2 unspecified atom stereocenters. The fourth-order valence-electron chi connectivity index (χ4n) is 4.44. The number of benzene rings is 2. The lowest BCUT2D eigenvalue weighted by molar-refractivity contribution is -0.116. The Labute approximate surface area is 222 Å². The van der Waals surface area contributed by atoms with Gasteiger partial charge in [0.1, 0.15) is 23.7 Å². The van der Waals surface area contributed by atoms with Crippen LogP contribution in [-0.4, -0.2) is 72.4 Å². The predicted molar refractivity (Wildman–Crippen MR) is 139 cm³/mol. The minimum atomic E-state index is -0.923. The molecule has 2 aliphatic heterocycles. The van der Waals surface area contributed by atoms with E-state index in [4.69, 9.17) is 25.8 Å². The number of rotatable bonds is 8. The molecule has 0 aliphatic carbocycles. The molecule has 2 aromatic carbocycles. The first-order valence-corrected chi connectivity index (χ1v) is 12.5. The van der Waals surface area contributed by atoms with Gasteiger partial charge in [0, 0.05) is 36.8 Å². The summed E-state index contributed by atoms with van der Waals surface area (Å²) in [5.74, 6) is -1.67. The van der Waals surface area contributed by atoms with Gasteiger partial charge in [-0.25, -0.2) is 18.7 Å². The van der Waals surface area contributed by atoms with Gasteiger partial charge in [0.15, 0.2) is 5.83 Å². The first-order valence-electron chi connectivity index (χ1n) is 12.2. The monoisotopic (exact) mass is 545 g/mol. The molecule has 12 heteroatoms. The first kappa shape index (κ1) is 26.2. The molecule has 38 heavy (non-hydrogen) atoms. The summed E-state index contributed by atoms with van der Waals surface area (Å²) >= 11 is 5.90. The molecular formula is C26H26ClF2N5O4. The number of hydrogen-bond acceptors (Lipinski definition) is 8. The highest BCUT2D eigenvalue weighted by Crippen LogP contribution is 2.34. The Morgan fingerprint density at radius 1 is 1.21 bits per heavy atom. The summed E-state index contributed by atoms with van der Waals surface area (Å²) in [6, 6.07) is 7.40. The normalized spacial score (nSPS) is 19.8. The van der Waals surface area contributed by atoms with E-state index in [9.17, 15) is 13.6 Å². The largest absolute Gasteiger partial charge is 0.492 e. The van der Waals surface area contributed by atoms with Crippen LogP contribution in [0.25, 0.3) is 10.9 Å². The van der Waals surface area contributed by atoms with Crippen molar-refractivity contribution in [1.29, 1.82) is 0 Å². The van der Waals surface area contributed by atoms with Crippen molar-refractivity contribution in [2.75, 3.05) is 50.1 Å². The maximum atomic E-state index is 14.8. The number of fused-ring (bicyclic) bond motifs is 2. The van der Waals surface area contributed by atoms with Crippen LogP contribution in [0, 0.1) is 5.82 Å². The Bertz CT molecular complexity index is 1360. The molecule has 1 amide bonds. The molecule has 2 fully saturated rings. The molecule has 2 aliphatic rings. The van der Waals surface area contributed by atoms with E-state index in [1.807, 2.05) is 4.90 Å². The van der Waals surface area contributed by atoms with Crippen molar-refractivity contribution >= 4 is 45.6 Å². The van der Waals surface area contributed by atoms with Gasteiger partial charge in [-0.2, -0.15) is 0 Å². The molecule has 0 spiro atoms. The summed E-state index contributed by atoms with van der Waals surface area (Å²) in [5, 5.41) is 6.14. The van der Waals surface area contributed by atoms with Crippen molar-refractivity contribution in [3.63, 3.8) is 0 Å². The molecule has 2 N–H and O–H groups in total. The van der Waals surface area contributed by atoms with Crippen molar-refractivity contribution in [3.8, 4) is 5.75 Å². The predicted octanol–water partition coefficient (Wildman–Crippen LogP) is 4.46. The Hall–Kier alpha value is -3.38. The molecule has 200 valence electrons. The second-order valence-electron chi connectivity index (χ2n) is 8.82. The lowest BCUT2D eigenvalue weighted by Crippen LogP contribution is -2.36. The van der Waals surface area contributed by atoms with Crippen LogP contribution in [-0.2, 0) is 14.3 Å². The molecule has 3 aromatic rings. The van der Waals surface area contributed by atoms with E-state index < -0.39 is 17.6 Å². The molecule has 2 atom stereocenters. The van der Waals surface area contributed by atoms with Crippen molar-refractivity contribution in [2.24, 2.45) is 0 Å². The van der Waals surface area contributed by atoms with E-state index in [-0.39, 0.29) is 29.5 Å². The third-order valence-corrected chi connectivity index (χ3v) is 6.54. The van der Waals surface area contributed by atoms with Crippen molar-refractivity contribution in [2.45, 2.75) is 19.1 Å². The van der Waals surface area contributed by atoms with Gasteiger partial charge in [-0.05, 0) is 37.3 Å². The van der Waals surface area contributed by atoms with Gasteiger partial charge >= 0.3 is 0 Å². The fourth-order valence-corrected chi connectivity index (χ4v) is 4.62. The van der Waals surface area contributed by atoms with E-state index in [1.54, 1.807) is 19.1 Å². The quantitative estimate of drug-likeness (QED) is 0.401. The minimum absolute atomic E-state index is 0.0312. The zero-order valence-corrected chi connectivity index (χ0v) is 21.3. The standard InChI is InChI=1S/C26H26ClF2N5O4/c1-2-36-22-11-20-16(25(31-14-30-20)32-15-3-4-18(28)17(27)9-15)10-21(22)33-26(35)19(29)5-6-34-12-23-24(13-34)38-8-7-37-23/h3-5,9-11,14,23-24H,2,6-8,12-13H2,1H3,(H,33,35)(H,30,31,32). The van der Waals surface area contributed by atoms with Crippen LogP contribution in [0.5, 0.6) is 5.75 Å². The van der Waals surface area contributed by atoms with Gasteiger partial charge in [0.25, 0.3) is 5.91 Å². The minimum Gasteiger partial charge on any atom is -0.492 e. The number of amides is 1. The third kappa shape index (κ3) is 5.86. The van der Waals surface area contributed by atoms with Crippen LogP contribution >= 0.6 is 11.6 Å². The van der Waals surface area contributed by atoms with Crippen LogP contribution in [0.3, 0.4) is 0 Å². The molecular weight excluding hydrogens is 520 g/mol. The van der Waals surface area contributed by atoms with Gasteiger partial charge in [-0.15, -0.1) is 0 Å². The fraction of sp³-hybridized carbons (Fsp3) is 0.346. The van der Waals surface area contributed by atoms with Gasteiger partial charge in [0.2, 0.25) is 0 Å². The Kier molecular flexibility index (Phi) is 7.98. The summed E-state index contributed by atoms with van der Waals surface area (Å²) in [6.07, 6.45) is 2.53. The number of likely N-dealkylation sites (tertiary alicyclic amines) is 1. The second-order valence-corrected chi connectivity index (χ2v) is 9.23. The molecule has 1 aromatic heterocycles. The van der Waals surface area contributed by atoms with Crippen LogP contribution in [0.1, 0.15) is 6.92 Å². The summed E-state index contributed by atoms with van der Waals surface area (Å²) in [7, 11) is 0. The molecule has 0 saturated carbocycles. The van der Waals surface area contributed by atoms with Crippen LogP contribution in [0.15, 0.2) is 48.6 Å². The zero-order valence-electron chi connectivity index (χ0n) is 20.5. The molecule has 0 bridgehead atoms. The highest BCUT2D eigenvalue weighted by molar-refractivity contribution is 6.31. The zero-order chi connectivity index (χ0) is 26.6. The third-order valence-electron chi connectivity index (χ3n) is 6.25. The van der Waals surface area contributed by atoms with Gasteiger partial charge in [0.05, 0.1) is 48.3 Å². The second kappa shape index (κ2) is 11.6. The highest BCUT2D eigenvalue weighted by atomic mass is 35.5. The smallest absolute Gasteiger partial charge is 0.284 e. The highest BCUT2D eigenvalue weighted by Gasteiger charge is 2.36. The molecule has 9 nitrogen and oxygen atoms in total. The SMILES string of the molecule is CCOc1cc2ncnc(Nc3ccc(F)c(Cl)c3)c2cc1NC(=O)C(F)=CCN1CC2OCCOC2C1. The Morgan fingerprint density at radius 2 is 1.97 bits per heavy atom. The number of halogens is 3. The number of hydrogen-bond donors (Lipinski definition) is 2. The Morgan fingerprint density at radius 3 is 2.68 bits per heavy atom.